The van der Waals surface area contributed by atoms with Crippen LogP contribution < -0.4 is 10.6 Å². The Labute approximate surface area is 221 Å². The Balaban J connectivity index is 2.02. The molecule has 2 aromatic rings. The highest BCUT2D eigenvalue weighted by Crippen LogP contribution is 2.34. The maximum absolute atomic E-state index is 4.48. The summed E-state index contributed by atoms with van der Waals surface area (Å²) < 4.78 is 0. The van der Waals surface area contributed by atoms with Gasteiger partial charge in [-0.2, -0.15) is 0 Å². The van der Waals surface area contributed by atoms with Crippen molar-refractivity contribution in [2.45, 2.75) is 72.1 Å². The van der Waals surface area contributed by atoms with Crippen molar-refractivity contribution >= 4 is 11.3 Å². The fraction of sp³-hybridized carbons (Fsp3) is 0.412. The smallest absolute Gasteiger partial charge is 0.0450 e. The Hall–Kier alpha value is -3.00. The van der Waals surface area contributed by atoms with E-state index < -0.39 is 0 Å². The van der Waals surface area contributed by atoms with Crippen LogP contribution in [-0.4, -0.2) is 13.6 Å². The molecule has 2 rings (SSSR count). The van der Waals surface area contributed by atoms with Crippen LogP contribution in [0.5, 0.6) is 0 Å². The molecule has 0 heterocycles. The summed E-state index contributed by atoms with van der Waals surface area (Å²) in [5.41, 5.74) is 9.92. The standard InChI is InChI=1S/C34H48N2/c1-9-10-16-25(2)17-15-24-36-28(5)23-22-26(3)29(6)32-20-13-14-21-33(32)34(35-8)30(7)31-19-12-11-18-27(31)4/h9,11-14,18-21,25,29,35-36H,1,3,5,10,15-17,22-24H2,2,4,6-8H3/b34-30+. The molecule has 0 radical (unpaired) electrons. The average Bonchev–Trinajstić information content (AvgIpc) is 2.89. The zero-order valence-electron chi connectivity index (χ0n) is 23.4. The van der Waals surface area contributed by atoms with Gasteiger partial charge in [-0.1, -0.05) is 87.2 Å². The molecule has 2 unspecified atom stereocenters. The molecule has 0 fully saturated rings. The molecule has 0 spiro atoms. The Morgan fingerprint density at radius 2 is 1.61 bits per heavy atom. The van der Waals surface area contributed by atoms with Gasteiger partial charge in [0.15, 0.2) is 0 Å². The van der Waals surface area contributed by atoms with Gasteiger partial charge in [0.25, 0.3) is 0 Å². The Bertz CT molecular complexity index is 1040. The van der Waals surface area contributed by atoms with E-state index in [9.17, 15) is 0 Å². The first kappa shape index (κ1) is 29.2. The van der Waals surface area contributed by atoms with E-state index in [4.69, 9.17) is 0 Å². The lowest BCUT2D eigenvalue weighted by molar-refractivity contribution is 0.472. The Kier molecular flexibility index (Phi) is 12.3. The van der Waals surface area contributed by atoms with Crippen molar-refractivity contribution < 1.29 is 0 Å². The lowest BCUT2D eigenvalue weighted by Gasteiger charge is -2.23. The lowest BCUT2D eigenvalue weighted by Crippen LogP contribution is -2.15. The van der Waals surface area contributed by atoms with Crippen molar-refractivity contribution in [3.63, 3.8) is 0 Å². The number of aryl methyl sites for hydroxylation is 1. The minimum atomic E-state index is 0.257. The first-order valence-corrected chi connectivity index (χ1v) is 13.5. The second kappa shape index (κ2) is 15.2. The van der Waals surface area contributed by atoms with E-state index in [0.29, 0.717) is 0 Å². The van der Waals surface area contributed by atoms with Gasteiger partial charge >= 0.3 is 0 Å². The molecule has 0 aliphatic rings. The summed E-state index contributed by atoms with van der Waals surface area (Å²) in [6, 6.07) is 17.3. The second-order valence-electron chi connectivity index (χ2n) is 10.2. The molecule has 2 atom stereocenters. The van der Waals surface area contributed by atoms with E-state index >= 15 is 0 Å². The van der Waals surface area contributed by atoms with Crippen LogP contribution in [-0.2, 0) is 0 Å². The number of nitrogens with one attached hydrogen (secondary N) is 2. The first-order valence-electron chi connectivity index (χ1n) is 13.5. The molecule has 0 saturated heterocycles. The van der Waals surface area contributed by atoms with Gasteiger partial charge < -0.3 is 10.6 Å². The van der Waals surface area contributed by atoms with Crippen LogP contribution in [0.15, 0.2) is 85.6 Å². The van der Waals surface area contributed by atoms with Crippen LogP contribution in [0.2, 0.25) is 0 Å². The molecule has 36 heavy (non-hydrogen) atoms. The van der Waals surface area contributed by atoms with E-state index in [2.05, 4.69) is 107 Å². The van der Waals surface area contributed by atoms with Crippen molar-refractivity contribution in [1.29, 1.82) is 0 Å². The second-order valence-corrected chi connectivity index (χ2v) is 10.2. The number of allylic oxidation sites excluding steroid dienone is 4. The molecular formula is C34H48N2. The maximum Gasteiger partial charge on any atom is 0.0450 e. The van der Waals surface area contributed by atoms with Crippen LogP contribution >= 0.6 is 0 Å². The number of rotatable bonds is 16. The topological polar surface area (TPSA) is 24.1 Å². The first-order chi connectivity index (χ1) is 17.3. The van der Waals surface area contributed by atoms with Crippen LogP contribution in [0.4, 0.5) is 0 Å². The Morgan fingerprint density at radius 1 is 0.944 bits per heavy atom. The summed E-state index contributed by atoms with van der Waals surface area (Å²) in [5.74, 6) is 1.01. The van der Waals surface area contributed by atoms with E-state index in [1.54, 1.807) is 0 Å². The molecule has 2 aromatic carbocycles. The maximum atomic E-state index is 4.48. The minimum Gasteiger partial charge on any atom is -0.389 e. The highest BCUT2D eigenvalue weighted by Gasteiger charge is 2.18. The third-order valence-corrected chi connectivity index (χ3v) is 7.34. The number of benzene rings is 2. The molecule has 0 saturated carbocycles. The van der Waals surface area contributed by atoms with Gasteiger partial charge in [-0.3, -0.25) is 0 Å². The number of hydrogen-bond acceptors (Lipinski definition) is 2. The summed E-state index contributed by atoms with van der Waals surface area (Å²) in [5, 5.41) is 7.03. The summed E-state index contributed by atoms with van der Waals surface area (Å²) in [6.45, 7) is 22.6. The molecule has 0 bridgehead atoms. The number of hydrogen-bond donors (Lipinski definition) is 2. The van der Waals surface area contributed by atoms with Crippen molar-refractivity contribution in [3.8, 4) is 0 Å². The summed E-state index contributed by atoms with van der Waals surface area (Å²) in [7, 11) is 2.02. The predicted molar refractivity (Wildman–Crippen MR) is 161 cm³/mol. The summed E-state index contributed by atoms with van der Waals surface area (Å²) in [6.07, 6.45) is 8.66. The monoisotopic (exact) mass is 484 g/mol. The zero-order valence-corrected chi connectivity index (χ0v) is 23.4. The molecule has 0 amide bonds. The molecular weight excluding hydrogens is 436 g/mol. The third kappa shape index (κ3) is 8.59. The van der Waals surface area contributed by atoms with Crippen molar-refractivity contribution in [2.24, 2.45) is 5.92 Å². The van der Waals surface area contributed by atoms with Gasteiger partial charge in [0.05, 0.1) is 0 Å². The van der Waals surface area contributed by atoms with Crippen molar-refractivity contribution in [2.75, 3.05) is 13.6 Å². The molecule has 0 aromatic heterocycles. The molecule has 2 N–H and O–H groups in total. The fourth-order valence-corrected chi connectivity index (χ4v) is 4.85. The lowest BCUT2D eigenvalue weighted by atomic mass is 9.85. The fourth-order valence-electron chi connectivity index (χ4n) is 4.85. The van der Waals surface area contributed by atoms with Crippen LogP contribution in [0.1, 0.15) is 87.5 Å². The van der Waals surface area contributed by atoms with Crippen LogP contribution in [0, 0.1) is 12.8 Å². The van der Waals surface area contributed by atoms with Crippen LogP contribution in [0.25, 0.3) is 11.3 Å². The molecule has 194 valence electrons. The van der Waals surface area contributed by atoms with E-state index in [-0.39, 0.29) is 5.92 Å². The molecule has 2 heteroatoms. The van der Waals surface area contributed by atoms with Gasteiger partial charge in [-0.05, 0) is 80.6 Å². The molecule has 0 aliphatic carbocycles. The van der Waals surface area contributed by atoms with Gasteiger partial charge in [0, 0.05) is 36.5 Å². The normalized spacial score (nSPS) is 13.4. The van der Waals surface area contributed by atoms with Crippen molar-refractivity contribution in [3.05, 3.63) is 108 Å². The largest absolute Gasteiger partial charge is 0.389 e. The van der Waals surface area contributed by atoms with E-state index in [0.717, 1.165) is 37.4 Å². The molecule has 0 aliphatic heterocycles. The SMILES string of the molecule is C=CCCC(C)CCCNC(=C)CCC(=C)C(C)c1ccccc1/C(NC)=C(/C)c1ccccc1C. The van der Waals surface area contributed by atoms with E-state index in [1.165, 1.54) is 58.4 Å². The molecule has 2 nitrogen and oxygen atoms in total. The predicted octanol–water partition coefficient (Wildman–Crippen LogP) is 9.03. The van der Waals surface area contributed by atoms with Crippen LogP contribution in [0.3, 0.4) is 0 Å². The summed E-state index contributed by atoms with van der Waals surface area (Å²) >= 11 is 0. The highest BCUT2D eigenvalue weighted by atomic mass is 14.9. The summed E-state index contributed by atoms with van der Waals surface area (Å²) in [4.78, 5) is 0. The van der Waals surface area contributed by atoms with Gasteiger partial charge in [-0.15, -0.1) is 6.58 Å². The Morgan fingerprint density at radius 3 is 2.28 bits per heavy atom. The van der Waals surface area contributed by atoms with E-state index in [1.807, 2.05) is 13.1 Å². The van der Waals surface area contributed by atoms with Gasteiger partial charge in [0.2, 0.25) is 0 Å². The average molecular weight is 485 g/mol. The quantitative estimate of drug-likeness (QED) is 0.141. The van der Waals surface area contributed by atoms with Gasteiger partial charge in [-0.25, -0.2) is 0 Å². The third-order valence-electron chi connectivity index (χ3n) is 7.34. The highest BCUT2D eigenvalue weighted by molar-refractivity contribution is 5.90. The zero-order chi connectivity index (χ0) is 26.5. The van der Waals surface area contributed by atoms with Gasteiger partial charge in [0.1, 0.15) is 0 Å². The van der Waals surface area contributed by atoms with Crippen molar-refractivity contribution in [1.82, 2.24) is 10.6 Å². The minimum absolute atomic E-state index is 0.257.